The SMILES string of the molecule is C/C(=C\C=O)CNc1ccccc1C. The molecule has 0 fully saturated rings. The summed E-state index contributed by atoms with van der Waals surface area (Å²) in [5.74, 6) is 0. The number of benzene rings is 1. The van der Waals surface area contributed by atoms with Gasteiger partial charge in [-0.05, 0) is 31.6 Å². The Morgan fingerprint density at radius 2 is 2.14 bits per heavy atom. The fraction of sp³-hybridized carbons (Fsp3) is 0.250. The van der Waals surface area contributed by atoms with Crippen LogP contribution >= 0.6 is 0 Å². The number of carbonyl (C=O) groups excluding carboxylic acids is 1. The maximum Gasteiger partial charge on any atom is 0.142 e. The van der Waals surface area contributed by atoms with Crippen molar-refractivity contribution in [2.75, 3.05) is 11.9 Å². The van der Waals surface area contributed by atoms with E-state index in [2.05, 4.69) is 18.3 Å². The minimum absolute atomic E-state index is 0.712. The van der Waals surface area contributed by atoms with Crippen LogP contribution in [0.1, 0.15) is 12.5 Å². The number of hydrogen-bond acceptors (Lipinski definition) is 2. The van der Waals surface area contributed by atoms with E-state index in [0.29, 0.717) is 6.54 Å². The number of carbonyl (C=O) groups is 1. The van der Waals surface area contributed by atoms with E-state index in [1.54, 1.807) is 6.08 Å². The maximum atomic E-state index is 10.2. The summed E-state index contributed by atoms with van der Waals surface area (Å²) in [5.41, 5.74) is 3.36. The molecule has 0 aliphatic carbocycles. The van der Waals surface area contributed by atoms with Crippen molar-refractivity contribution >= 4 is 12.0 Å². The van der Waals surface area contributed by atoms with Crippen LogP contribution in [-0.2, 0) is 4.79 Å². The smallest absolute Gasteiger partial charge is 0.142 e. The minimum atomic E-state index is 0.712. The number of para-hydroxylation sites is 1. The standard InChI is InChI=1S/C12H15NO/c1-10(7-8-14)9-13-12-6-4-3-5-11(12)2/h3-8,13H,9H2,1-2H3/b10-7+. The van der Waals surface area contributed by atoms with Crippen LogP contribution in [0.4, 0.5) is 5.69 Å². The maximum absolute atomic E-state index is 10.2. The normalized spacial score (nSPS) is 11.1. The summed E-state index contributed by atoms with van der Waals surface area (Å²) < 4.78 is 0. The lowest BCUT2D eigenvalue weighted by molar-refractivity contribution is -0.104. The number of rotatable bonds is 4. The Hall–Kier alpha value is -1.57. The van der Waals surface area contributed by atoms with E-state index in [-0.39, 0.29) is 0 Å². The third-order valence-corrected chi connectivity index (χ3v) is 2.06. The highest BCUT2D eigenvalue weighted by molar-refractivity contribution is 5.66. The lowest BCUT2D eigenvalue weighted by Crippen LogP contribution is -2.03. The molecule has 0 radical (unpaired) electrons. The summed E-state index contributed by atoms with van der Waals surface area (Å²) in [6, 6.07) is 8.09. The van der Waals surface area contributed by atoms with Gasteiger partial charge in [0.05, 0.1) is 0 Å². The van der Waals surface area contributed by atoms with Gasteiger partial charge in [0.2, 0.25) is 0 Å². The third kappa shape index (κ3) is 3.05. The molecule has 1 rings (SSSR count). The van der Waals surface area contributed by atoms with Gasteiger partial charge in [0.1, 0.15) is 6.29 Å². The van der Waals surface area contributed by atoms with Gasteiger partial charge in [-0.1, -0.05) is 23.8 Å². The Morgan fingerprint density at radius 3 is 2.79 bits per heavy atom. The zero-order valence-electron chi connectivity index (χ0n) is 8.58. The topological polar surface area (TPSA) is 29.1 Å². The zero-order chi connectivity index (χ0) is 10.4. The van der Waals surface area contributed by atoms with E-state index in [1.165, 1.54) is 5.56 Å². The second kappa shape index (κ2) is 5.22. The molecule has 1 aromatic rings. The lowest BCUT2D eigenvalue weighted by Gasteiger charge is -2.08. The Bertz CT molecular complexity index is 342. The van der Waals surface area contributed by atoms with Crippen LogP contribution in [-0.4, -0.2) is 12.8 Å². The van der Waals surface area contributed by atoms with Gasteiger partial charge in [0, 0.05) is 12.2 Å². The van der Waals surface area contributed by atoms with Gasteiger partial charge >= 0.3 is 0 Å². The van der Waals surface area contributed by atoms with Gasteiger partial charge in [-0.15, -0.1) is 0 Å². The first-order valence-corrected chi connectivity index (χ1v) is 4.64. The molecule has 0 aliphatic rings. The molecule has 0 heterocycles. The highest BCUT2D eigenvalue weighted by atomic mass is 16.1. The van der Waals surface area contributed by atoms with Crippen LogP contribution in [0.25, 0.3) is 0 Å². The number of hydrogen-bond donors (Lipinski definition) is 1. The van der Waals surface area contributed by atoms with E-state index in [1.807, 2.05) is 25.1 Å². The Kier molecular flexibility index (Phi) is 3.92. The van der Waals surface area contributed by atoms with Crippen molar-refractivity contribution in [3.63, 3.8) is 0 Å². The predicted octanol–water partition coefficient (Wildman–Crippen LogP) is 2.55. The summed E-state index contributed by atoms with van der Waals surface area (Å²) >= 11 is 0. The molecule has 0 atom stereocenters. The van der Waals surface area contributed by atoms with E-state index >= 15 is 0 Å². The summed E-state index contributed by atoms with van der Waals surface area (Å²) in [6.45, 7) is 4.70. The molecule has 0 saturated carbocycles. The lowest BCUT2D eigenvalue weighted by atomic mass is 10.2. The molecule has 0 aliphatic heterocycles. The van der Waals surface area contributed by atoms with Gasteiger partial charge in [-0.25, -0.2) is 0 Å². The molecule has 0 aromatic heterocycles. The van der Waals surface area contributed by atoms with Crippen molar-refractivity contribution in [2.24, 2.45) is 0 Å². The molecule has 2 heteroatoms. The molecule has 1 aromatic carbocycles. The quantitative estimate of drug-likeness (QED) is 0.582. The number of aryl methyl sites for hydroxylation is 1. The number of allylic oxidation sites excluding steroid dienone is 1. The van der Waals surface area contributed by atoms with Gasteiger partial charge in [-0.2, -0.15) is 0 Å². The molecule has 0 amide bonds. The second-order valence-corrected chi connectivity index (χ2v) is 3.32. The molecule has 0 unspecified atom stereocenters. The highest BCUT2D eigenvalue weighted by Crippen LogP contribution is 2.13. The van der Waals surface area contributed by atoms with E-state index < -0.39 is 0 Å². The first-order valence-electron chi connectivity index (χ1n) is 4.64. The second-order valence-electron chi connectivity index (χ2n) is 3.32. The van der Waals surface area contributed by atoms with Crippen LogP contribution in [0.5, 0.6) is 0 Å². The molecular weight excluding hydrogens is 174 g/mol. The Morgan fingerprint density at radius 1 is 1.43 bits per heavy atom. The molecule has 0 saturated heterocycles. The first kappa shape index (κ1) is 10.5. The molecule has 1 N–H and O–H groups in total. The minimum Gasteiger partial charge on any atom is -0.381 e. The van der Waals surface area contributed by atoms with Crippen molar-refractivity contribution in [2.45, 2.75) is 13.8 Å². The van der Waals surface area contributed by atoms with E-state index in [0.717, 1.165) is 17.5 Å². The largest absolute Gasteiger partial charge is 0.381 e. The molecule has 0 spiro atoms. The molecule has 74 valence electrons. The zero-order valence-corrected chi connectivity index (χ0v) is 8.58. The third-order valence-electron chi connectivity index (χ3n) is 2.06. The van der Waals surface area contributed by atoms with Gasteiger partial charge in [-0.3, -0.25) is 4.79 Å². The van der Waals surface area contributed by atoms with Crippen molar-refractivity contribution in [1.82, 2.24) is 0 Å². The van der Waals surface area contributed by atoms with Crippen molar-refractivity contribution in [1.29, 1.82) is 0 Å². The Labute approximate surface area is 84.6 Å². The van der Waals surface area contributed by atoms with Gasteiger partial charge in [0.15, 0.2) is 0 Å². The monoisotopic (exact) mass is 189 g/mol. The van der Waals surface area contributed by atoms with Crippen molar-refractivity contribution in [3.05, 3.63) is 41.5 Å². The van der Waals surface area contributed by atoms with Crippen molar-refractivity contribution in [3.8, 4) is 0 Å². The van der Waals surface area contributed by atoms with Crippen LogP contribution < -0.4 is 5.32 Å². The first-order chi connectivity index (χ1) is 6.74. The Balaban J connectivity index is 2.58. The van der Waals surface area contributed by atoms with Gasteiger partial charge in [0.25, 0.3) is 0 Å². The number of nitrogens with one attached hydrogen (secondary N) is 1. The van der Waals surface area contributed by atoms with Crippen molar-refractivity contribution < 1.29 is 4.79 Å². The average Bonchev–Trinajstić information content (AvgIpc) is 2.17. The predicted molar refractivity (Wildman–Crippen MR) is 59.5 cm³/mol. The molecule has 14 heavy (non-hydrogen) atoms. The van der Waals surface area contributed by atoms with Gasteiger partial charge < -0.3 is 5.32 Å². The molecule has 0 bridgehead atoms. The summed E-state index contributed by atoms with van der Waals surface area (Å²) in [6.07, 6.45) is 2.39. The summed E-state index contributed by atoms with van der Waals surface area (Å²) in [5, 5.41) is 3.27. The summed E-state index contributed by atoms with van der Waals surface area (Å²) in [4.78, 5) is 10.2. The van der Waals surface area contributed by atoms with Crippen LogP contribution in [0.3, 0.4) is 0 Å². The number of aldehydes is 1. The van der Waals surface area contributed by atoms with E-state index in [4.69, 9.17) is 0 Å². The molecule has 2 nitrogen and oxygen atoms in total. The van der Waals surface area contributed by atoms with E-state index in [9.17, 15) is 4.79 Å². The van der Waals surface area contributed by atoms with Crippen LogP contribution in [0.2, 0.25) is 0 Å². The summed E-state index contributed by atoms with van der Waals surface area (Å²) in [7, 11) is 0. The fourth-order valence-electron chi connectivity index (χ4n) is 1.18. The fourth-order valence-corrected chi connectivity index (χ4v) is 1.18. The highest BCUT2D eigenvalue weighted by Gasteiger charge is 1.95. The number of anilines is 1. The average molecular weight is 189 g/mol. The van der Waals surface area contributed by atoms with Crippen LogP contribution in [0, 0.1) is 6.92 Å². The molecular formula is C12H15NO. The van der Waals surface area contributed by atoms with Crippen LogP contribution in [0.15, 0.2) is 35.9 Å².